The Morgan fingerprint density at radius 3 is 2.51 bits per heavy atom. The molecule has 37 heavy (non-hydrogen) atoms. The number of aryl methyl sites for hydroxylation is 1. The molecule has 0 aliphatic heterocycles. The molecule has 2 N–H and O–H groups in total. The fraction of sp³-hybridized carbons (Fsp3) is 0.414. The molecule has 1 amide bonds. The number of carboxylic acid groups (broad SMARTS) is 1. The highest BCUT2D eigenvalue weighted by atomic mass is 16.5. The molecule has 1 saturated carbocycles. The van der Waals surface area contributed by atoms with Gasteiger partial charge in [-0.1, -0.05) is 31.4 Å². The van der Waals surface area contributed by atoms with Gasteiger partial charge in [-0.05, 0) is 62.1 Å². The smallest absolute Gasteiger partial charge is 0.305 e. The number of aromatic nitrogens is 2. The molecule has 8 heteroatoms. The molecule has 2 aromatic carbocycles. The van der Waals surface area contributed by atoms with Gasteiger partial charge in [0.2, 0.25) is 0 Å². The van der Waals surface area contributed by atoms with Crippen LogP contribution in [0.5, 0.6) is 5.75 Å². The van der Waals surface area contributed by atoms with Crippen molar-refractivity contribution >= 4 is 17.6 Å². The zero-order valence-electron chi connectivity index (χ0n) is 21.8. The van der Waals surface area contributed by atoms with Gasteiger partial charge in [0.05, 0.1) is 25.3 Å². The van der Waals surface area contributed by atoms with Gasteiger partial charge in [-0.2, -0.15) is 5.10 Å². The zero-order valence-corrected chi connectivity index (χ0v) is 21.8. The summed E-state index contributed by atoms with van der Waals surface area (Å²) in [6, 6.07) is 15.4. The van der Waals surface area contributed by atoms with Crippen molar-refractivity contribution in [3.05, 3.63) is 71.5 Å². The Bertz CT molecular complexity index is 1210. The summed E-state index contributed by atoms with van der Waals surface area (Å²) in [5, 5.41) is 17.5. The number of carboxylic acids is 1. The van der Waals surface area contributed by atoms with Gasteiger partial charge in [-0.15, -0.1) is 0 Å². The van der Waals surface area contributed by atoms with Crippen molar-refractivity contribution in [2.75, 3.05) is 26.0 Å². The number of methoxy groups -OCH3 is 1. The van der Waals surface area contributed by atoms with Gasteiger partial charge >= 0.3 is 5.97 Å². The molecule has 1 heterocycles. The van der Waals surface area contributed by atoms with Crippen LogP contribution in [0.25, 0.3) is 5.69 Å². The number of nitrogens with one attached hydrogen (secondary N) is 1. The van der Waals surface area contributed by atoms with Crippen molar-refractivity contribution in [1.29, 1.82) is 0 Å². The van der Waals surface area contributed by atoms with Crippen molar-refractivity contribution < 1.29 is 19.4 Å². The Balaban J connectivity index is 1.58. The maximum Gasteiger partial charge on any atom is 0.305 e. The summed E-state index contributed by atoms with van der Waals surface area (Å²) >= 11 is 0. The molecule has 1 aromatic heterocycles. The molecule has 196 valence electrons. The second kappa shape index (κ2) is 12.0. The van der Waals surface area contributed by atoms with Crippen molar-refractivity contribution in [2.45, 2.75) is 51.5 Å². The first-order chi connectivity index (χ1) is 17.9. The Morgan fingerprint density at radius 1 is 1.14 bits per heavy atom. The summed E-state index contributed by atoms with van der Waals surface area (Å²) in [7, 11) is 3.29. The second-order valence-corrected chi connectivity index (χ2v) is 9.75. The van der Waals surface area contributed by atoms with Crippen LogP contribution in [0.1, 0.15) is 66.2 Å². The monoisotopic (exact) mass is 504 g/mol. The summed E-state index contributed by atoms with van der Waals surface area (Å²) < 4.78 is 7.46. The molecule has 1 aliphatic carbocycles. The summed E-state index contributed by atoms with van der Waals surface area (Å²) in [4.78, 5) is 25.0. The minimum atomic E-state index is -0.919. The quantitative estimate of drug-likeness (QED) is 0.380. The fourth-order valence-corrected chi connectivity index (χ4v) is 5.11. The number of hydrogen-bond donors (Lipinski definition) is 2. The molecule has 0 radical (unpaired) electrons. The normalized spacial score (nSPS) is 14.7. The maximum atomic E-state index is 12.7. The summed E-state index contributed by atoms with van der Waals surface area (Å²) in [6.45, 7) is 2.22. The number of benzene rings is 2. The number of amides is 1. The van der Waals surface area contributed by atoms with E-state index in [0.717, 1.165) is 41.2 Å². The number of aliphatic carboxylic acids is 1. The maximum absolute atomic E-state index is 12.7. The highest BCUT2D eigenvalue weighted by molar-refractivity contribution is 5.94. The lowest BCUT2D eigenvalue weighted by atomic mass is 9.81. The molecule has 1 unspecified atom stereocenters. The van der Waals surface area contributed by atoms with Gasteiger partial charge in [0, 0.05) is 36.6 Å². The molecule has 0 bridgehead atoms. The number of nitrogens with zero attached hydrogens (tertiary/aromatic N) is 3. The van der Waals surface area contributed by atoms with Crippen LogP contribution < -0.4 is 10.1 Å². The van der Waals surface area contributed by atoms with Gasteiger partial charge in [-0.25, -0.2) is 4.68 Å². The van der Waals surface area contributed by atoms with Crippen molar-refractivity contribution in [2.24, 2.45) is 5.92 Å². The molecule has 1 aliphatic rings. The van der Waals surface area contributed by atoms with Crippen LogP contribution in [0.2, 0.25) is 0 Å². The lowest BCUT2D eigenvalue weighted by molar-refractivity contribution is -0.137. The number of carbonyl (C=O) groups excluding carboxylic acids is 1. The first-order valence-electron chi connectivity index (χ1n) is 12.9. The van der Waals surface area contributed by atoms with Gasteiger partial charge in [-0.3, -0.25) is 9.59 Å². The molecule has 4 rings (SSSR count). The number of para-hydroxylation sites is 2. The number of hydrogen-bond acceptors (Lipinski definition) is 5. The molecule has 0 spiro atoms. The van der Waals surface area contributed by atoms with Crippen molar-refractivity contribution in [1.82, 2.24) is 14.7 Å². The van der Waals surface area contributed by atoms with Gasteiger partial charge in [0.1, 0.15) is 11.4 Å². The van der Waals surface area contributed by atoms with Crippen LogP contribution >= 0.6 is 0 Å². The number of ether oxygens (including phenoxy) is 1. The topological polar surface area (TPSA) is 96.7 Å². The first-order valence-corrected chi connectivity index (χ1v) is 12.9. The number of anilines is 1. The minimum Gasteiger partial charge on any atom is -0.494 e. The van der Waals surface area contributed by atoms with E-state index in [1.54, 1.807) is 26.3 Å². The largest absolute Gasteiger partial charge is 0.494 e. The van der Waals surface area contributed by atoms with Crippen LogP contribution in [0.3, 0.4) is 0 Å². The van der Waals surface area contributed by atoms with E-state index < -0.39 is 5.97 Å². The standard InChI is InChI=1S/C29H36N4O4/c1-20-24(19-33(31-20)25-11-7-8-12-26(25)37-3)28(21-9-5-4-6-10-21)30-23-15-13-22(14-16-23)29(36)32(2)18-17-27(34)35/h7-8,11-16,19,21,28,30H,4-6,9-10,17-18H2,1-3H3,(H,34,35). The molecule has 8 nitrogen and oxygen atoms in total. The Kier molecular flexibility index (Phi) is 8.48. The van der Waals surface area contributed by atoms with Crippen LogP contribution in [0, 0.1) is 12.8 Å². The van der Waals surface area contributed by atoms with Crippen LogP contribution in [-0.2, 0) is 4.79 Å². The third kappa shape index (κ3) is 6.31. The Morgan fingerprint density at radius 2 is 1.84 bits per heavy atom. The fourth-order valence-electron chi connectivity index (χ4n) is 5.11. The van der Waals surface area contributed by atoms with Crippen molar-refractivity contribution in [3.8, 4) is 11.4 Å². The Hall–Kier alpha value is -3.81. The van der Waals surface area contributed by atoms with E-state index in [1.165, 1.54) is 24.2 Å². The predicted octanol–water partition coefficient (Wildman–Crippen LogP) is 5.47. The second-order valence-electron chi connectivity index (χ2n) is 9.75. The van der Waals surface area contributed by atoms with Gasteiger partial charge in [0.15, 0.2) is 0 Å². The summed E-state index contributed by atoms with van der Waals surface area (Å²) in [6.07, 6.45) is 8.05. The third-order valence-electron chi connectivity index (χ3n) is 7.19. The van der Waals surface area contributed by atoms with Crippen LogP contribution in [0.15, 0.2) is 54.7 Å². The van der Waals surface area contributed by atoms with E-state index in [0.29, 0.717) is 11.5 Å². The highest BCUT2D eigenvalue weighted by Crippen LogP contribution is 2.38. The lowest BCUT2D eigenvalue weighted by Crippen LogP contribution is -2.29. The summed E-state index contributed by atoms with van der Waals surface area (Å²) in [5.41, 5.74) is 4.50. The van der Waals surface area contributed by atoms with E-state index in [4.69, 9.17) is 14.9 Å². The third-order valence-corrected chi connectivity index (χ3v) is 7.19. The molecular weight excluding hydrogens is 468 g/mol. The van der Waals surface area contributed by atoms with E-state index in [-0.39, 0.29) is 24.9 Å². The Labute approximate surface area is 218 Å². The predicted molar refractivity (Wildman–Crippen MR) is 143 cm³/mol. The van der Waals surface area contributed by atoms with E-state index >= 15 is 0 Å². The lowest BCUT2D eigenvalue weighted by Gasteiger charge is -2.31. The van der Waals surface area contributed by atoms with Gasteiger partial charge in [0.25, 0.3) is 5.91 Å². The number of rotatable bonds is 10. The van der Waals surface area contributed by atoms with Crippen molar-refractivity contribution in [3.63, 3.8) is 0 Å². The van der Waals surface area contributed by atoms with E-state index in [1.807, 2.05) is 48.0 Å². The molecule has 1 atom stereocenters. The van der Waals surface area contributed by atoms with E-state index in [9.17, 15) is 9.59 Å². The zero-order chi connectivity index (χ0) is 26.4. The average molecular weight is 505 g/mol. The average Bonchev–Trinajstić information content (AvgIpc) is 3.31. The van der Waals surface area contributed by atoms with Crippen LogP contribution in [0.4, 0.5) is 5.69 Å². The number of carbonyl (C=O) groups is 2. The van der Waals surface area contributed by atoms with E-state index in [2.05, 4.69) is 11.5 Å². The van der Waals surface area contributed by atoms with Crippen LogP contribution in [-0.4, -0.2) is 52.4 Å². The molecule has 1 fully saturated rings. The molecule has 0 saturated heterocycles. The first kappa shape index (κ1) is 26.3. The highest BCUT2D eigenvalue weighted by Gasteiger charge is 2.28. The molecule has 3 aromatic rings. The summed E-state index contributed by atoms with van der Waals surface area (Å²) in [5.74, 6) is 0.140. The van der Waals surface area contributed by atoms with Gasteiger partial charge < -0.3 is 20.1 Å². The minimum absolute atomic E-state index is 0.0766. The molecular formula is C29H36N4O4. The SMILES string of the molecule is COc1ccccc1-n1cc(C(Nc2ccc(C(=O)N(C)CCC(=O)O)cc2)C2CCCCC2)c(C)n1.